The second-order valence-electron chi connectivity index (χ2n) is 6.75. The summed E-state index contributed by atoms with van der Waals surface area (Å²) >= 11 is 0. The average molecular weight is 352 g/mol. The summed E-state index contributed by atoms with van der Waals surface area (Å²) < 4.78 is 13.0. The zero-order valence-corrected chi connectivity index (χ0v) is 15.1. The van der Waals surface area contributed by atoms with Crippen molar-refractivity contribution in [3.05, 3.63) is 77.6 Å². The molecule has 3 rings (SSSR count). The van der Waals surface area contributed by atoms with Crippen molar-refractivity contribution >= 4 is 11.5 Å². The smallest absolute Gasteiger partial charge is 0.244 e. The number of hydrogen-bond acceptors (Lipinski definition) is 2. The molecule has 136 valence electrons. The van der Waals surface area contributed by atoms with E-state index in [0.717, 1.165) is 24.2 Å². The highest BCUT2D eigenvalue weighted by Gasteiger charge is 2.23. The lowest BCUT2D eigenvalue weighted by molar-refractivity contribution is -0.116. The number of allylic oxidation sites excluding steroid dienone is 1. The summed E-state index contributed by atoms with van der Waals surface area (Å²) in [7, 11) is 0. The Hall–Kier alpha value is -2.46. The van der Waals surface area contributed by atoms with Crippen molar-refractivity contribution in [2.24, 2.45) is 0 Å². The Bertz CT molecular complexity index is 749. The summed E-state index contributed by atoms with van der Waals surface area (Å²) in [6, 6.07) is 16.7. The lowest BCUT2D eigenvalue weighted by atomic mass is 10.1. The number of hydrogen-bond donors (Lipinski definition) is 1. The van der Waals surface area contributed by atoms with E-state index in [4.69, 9.17) is 0 Å². The first-order chi connectivity index (χ1) is 12.6. The second-order valence-corrected chi connectivity index (χ2v) is 6.75. The van der Waals surface area contributed by atoms with Crippen LogP contribution in [0.3, 0.4) is 0 Å². The molecule has 0 saturated carbocycles. The minimum atomic E-state index is -0.276. The van der Waals surface area contributed by atoms with Gasteiger partial charge in [0.15, 0.2) is 0 Å². The molecule has 1 atom stereocenters. The fourth-order valence-corrected chi connectivity index (χ4v) is 3.43. The van der Waals surface area contributed by atoms with Crippen LogP contribution in [0.1, 0.15) is 36.9 Å². The number of carbonyl (C=O) groups excluding carboxylic acids is 1. The van der Waals surface area contributed by atoms with Crippen LogP contribution in [-0.2, 0) is 4.79 Å². The third kappa shape index (κ3) is 4.79. The van der Waals surface area contributed by atoms with Gasteiger partial charge in [0.25, 0.3) is 0 Å². The molecule has 3 nitrogen and oxygen atoms in total. The molecule has 1 aliphatic heterocycles. The third-order valence-electron chi connectivity index (χ3n) is 4.88. The first-order valence-corrected chi connectivity index (χ1v) is 9.14. The van der Waals surface area contributed by atoms with E-state index in [0.29, 0.717) is 6.54 Å². The molecule has 0 spiro atoms. The van der Waals surface area contributed by atoms with Crippen LogP contribution in [0.5, 0.6) is 0 Å². The van der Waals surface area contributed by atoms with Crippen molar-refractivity contribution in [1.82, 2.24) is 10.2 Å². The van der Waals surface area contributed by atoms with E-state index in [1.54, 1.807) is 18.2 Å². The van der Waals surface area contributed by atoms with Crippen molar-refractivity contribution < 1.29 is 9.18 Å². The summed E-state index contributed by atoms with van der Waals surface area (Å²) in [4.78, 5) is 14.8. The predicted molar refractivity (Wildman–Crippen MR) is 103 cm³/mol. The molecule has 1 heterocycles. The molecular weight excluding hydrogens is 327 g/mol. The summed E-state index contributed by atoms with van der Waals surface area (Å²) in [5.74, 6) is -0.394. The van der Waals surface area contributed by atoms with Gasteiger partial charge in [-0.3, -0.25) is 9.69 Å². The largest absolute Gasteiger partial charge is 0.351 e. The van der Waals surface area contributed by atoms with Gasteiger partial charge in [-0.15, -0.1) is 0 Å². The van der Waals surface area contributed by atoms with Crippen molar-refractivity contribution in [3.8, 4) is 0 Å². The zero-order chi connectivity index (χ0) is 18.4. The van der Waals surface area contributed by atoms with Crippen LogP contribution in [0, 0.1) is 5.82 Å². The zero-order valence-electron chi connectivity index (χ0n) is 15.1. The van der Waals surface area contributed by atoms with E-state index in [2.05, 4.69) is 22.3 Å². The number of amides is 1. The number of carbonyl (C=O) groups is 1. The van der Waals surface area contributed by atoms with Gasteiger partial charge in [-0.25, -0.2) is 4.39 Å². The first-order valence-electron chi connectivity index (χ1n) is 9.14. The number of rotatable bonds is 6. The number of likely N-dealkylation sites (tertiary alicyclic amines) is 1. The molecule has 26 heavy (non-hydrogen) atoms. The van der Waals surface area contributed by atoms with Gasteiger partial charge < -0.3 is 5.32 Å². The minimum absolute atomic E-state index is 0.119. The van der Waals surface area contributed by atoms with Gasteiger partial charge in [-0.05, 0) is 61.7 Å². The Morgan fingerprint density at radius 3 is 2.42 bits per heavy atom. The van der Waals surface area contributed by atoms with Crippen molar-refractivity contribution in [2.45, 2.75) is 25.8 Å². The molecule has 4 heteroatoms. The summed E-state index contributed by atoms with van der Waals surface area (Å²) in [6.45, 7) is 4.58. The highest BCUT2D eigenvalue weighted by Crippen LogP contribution is 2.24. The Labute approximate surface area is 154 Å². The fourth-order valence-electron chi connectivity index (χ4n) is 3.43. The standard InChI is InChI=1S/C22H25FN2O/c1-17(18-9-11-20(23)12-10-18)15-22(26)24-16-21(25-13-5-6-14-25)19-7-3-2-4-8-19/h2-4,7-12,15,21H,5-6,13-14,16H2,1H3,(H,24,26)/b17-15+. The van der Waals surface area contributed by atoms with E-state index >= 15 is 0 Å². The van der Waals surface area contributed by atoms with Gasteiger partial charge in [0.2, 0.25) is 5.91 Å². The molecule has 1 N–H and O–H groups in total. The van der Waals surface area contributed by atoms with Gasteiger partial charge in [0, 0.05) is 12.6 Å². The molecule has 2 aromatic rings. The van der Waals surface area contributed by atoms with Crippen LogP contribution in [0.4, 0.5) is 4.39 Å². The third-order valence-corrected chi connectivity index (χ3v) is 4.88. The Morgan fingerprint density at radius 1 is 1.12 bits per heavy atom. The fraction of sp³-hybridized carbons (Fsp3) is 0.318. The van der Waals surface area contributed by atoms with Crippen molar-refractivity contribution in [2.75, 3.05) is 19.6 Å². The highest BCUT2D eigenvalue weighted by molar-refractivity contribution is 5.94. The first kappa shape index (κ1) is 18.3. The van der Waals surface area contributed by atoms with E-state index < -0.39 is 0 Å². The van der Waals surface area contributed by atoms with Gasteiger partial charge in [-0.2, -0.15) is 0 Å². The number of benzene rings is 2. The van der Waals surface area contributed by atoms with Crippen LogP contribution in [0.25, 0.3) is 5.57 Å². The maximum atomic E-state index is 13.0. The van der Waals surface area contributed by atoms with E-state index in [-0.39, 0.29) is 17.8 Å². The maximum absolute atomic E-state index is 13.0. The molecule has 1 fully saturated rings. The summed E-state index contributed by atoms with van der Waals surface area (Å²) in [5.41, 5.74) is 2.90. The molecular formula is C22H25FN2O. The van der Waals surface area contributed by atoms with E-state index in [9.17, 15) is 9.18 Å². The van der Waals surface area contributed by atoms with Crippen LogP contribution in [0.15, 0.2) is 60.7 Å². The normalized spacial score (nSPS) is 16.5. The lowest BCUT2D eigenvalue weighted by Gasteiger charge is -2.28. The Balaban J connectivity index is 1.65. The van der Waals surface area contributed by atoms with Crippen molar-refractivity contribution in [1.29, 1.82) is 0 Å². The molecule has 0 bridgehead atoms. The van der Waals surface area contributed by atoms with Gasteiger partial charge in [0.1, 0.15) is 5.82 Å². The number of nitrogens with zero attached hydrogens (tertiary/aromatic N) is 1. The van der Waals surface area contributed by atoms with Crippen LogP contribution in [-0.4, -0.2) is 30.4 Å². The lowest BCUT2D eigenvalue weighted by Crippen LogP contribution is -2.36. The van der Waals surface area contributed by atoms with Crippen LogP contribution < -0.4 is 5.32 Å². The predicted octanol–water partition coefficient (Wildman–Crippen LogP) is 4.18. The summed E-state index contributed by atoms with van der Waals surface area (Å²) in [5, 5.41) is 3.04. The van der Waals surface area contributed by atoms with E-state index in [1.165, 1.54) is 30.5 Å². The van der Waals surface area contributed by atoms with Crippen LogP contribution in [0.2, 0.25) is 0 Å². The van der Waals surface area contributed by atoms with Crippen LogP contribution >= 0.6 is 0 Å². The highest BCUT2D eigenvalue weighted by atomic mass is 19.1. The van der Waals surface area contributed by atoms with Gasteiger partial charge >= 0.3 is 0 Å². The van der Waals surface area contributed by atoms with Gasteiger partial charge in [0.05, 0.1) is 6.04 Å². The average Bonchev–Trinajstić information content (AvgIpc) is 3.17. The molecule has 0 radical (unpaired) electrons. The topological polar surface area (TPSA) is 32.3 Å². The Morgan fingerprint density at radius 2 is 1.77 bits per heavy atom. The monoisotopic (exact) mass is 352 g/mol. The molecule has 1 aliphatic rings. The summed E-state index contributed by atoms with van der Waals surface area (Å²) in [6.07, 6.45) is 4.00. The Kier molecular flexibility index (Phi) is 6.18. The number of nitrogens with one attached hydrogen (secondary N) is 1. The van der Waals surface area contributed by atoms with Crippen molar-refractivity contribution in [3.63, 3.8) is 0 Å². The molecule has 1 amide bonds. The van der Waals surface area contributed by atoms with Gasteiger partial charge in [-0.1, -0.05) is 42.5 Å². The quantitative estimate of drug-likeness (QED) is 0.791. The number of halogens is 1. The maximum Gasteiger partial charge on any atom is 0.244 e. The molecule has 0 aromatic heterocycles. The van der Waals surface area contributed by atoms with E-state index in [1.807, 2.05) is 25.1 Å². The minimum Gasteiger partial charge on any atom is -0.351 e. The molecule has 2 aromatic carbocycles. The molecule has 1 unspecified atom stereocenters. The molecule has 1 saturated heterocycles. The SMILES string of the molecule is C/C(=C\C(=O)NCC(c1ccccc1)N1CCCC1)c1ccc(F)cc1. The molecule has 0 aliphatic carbocycles. The second kappa shape index (κ2) is 8.77.